The molecule has 2 heterocycles. The third-order valence-corrected chi connectivity index (χ3v) is 5.89. The van der Waals surface area contributed by atoms with Crippen LogP contribution in [-0.4, -0.2) is 41.3 Å². The summed E-state index contributed by atoms with van der Waals surface area (Å²) in [6.07, 6.45) is 0.976. The lowest BCUT2D eigenvalue weighted by atomic mass is 10.1. The van der Waals surface area contributed by atoms with Gasteiger partial charge in [0.25, 0.3) is 0 Å². The molecule has 0 aliphatic carbocycles. The van der Waals surface area contributed by atoms with E-state index in [1.165, 1.54) is 11.3 Å². The minimum atomic E-state index is -0.0293. The van der Waals surface area contributed by atoms with Gasteiger partial charge in [0.05, 0.1) is 26.3 Å². The fraction of sp³-hybridized carbons (Fsp3) is 0.227. The molecule has 0 fully saturated rings. The number of fused-ring (bicyclic) bond motifs is 1. The number of methoxy groups -OCH3 is 2. The number of benzene rings is 2. The van der Waals surface area contributed by atoms with Crippen LogP contribution >= 0.6 is 22.9 Å². The van der Waals surface area contributed by atoms with Gasteiger partial charge in [0.2, 0.25) is 10.9 Å². The number of carbonyl (C=O) groups excluding carboxylic acids is 1. The van der Waals surface area contributed by atoms with Gasteiger partial charge in [-0.3, -0.25) is 4.79 Å². The first-order chi connectivity index (χ1) is 15.1. The van der Waals surface area contributed by atoms with Gasteiger partial charge in [-0.2, -0.15) is 4.98 Å². The Bertz CT molecular complexity index is 1200. The third kappa shape index (κ3) is 4.81. The summed E-state index contributed by atoms with van der Waals surface area (Å²) in [6, 6.07) is 12.9. The van der Waals surface area contributed by atoms with Crippen LogP contribution in [0, 0.1) is 0 Å². The van der Waals surface area contributed by atoms with E-state index in [1.54, 1.807) is 26.4 Å². The second kappa shape index (κ2) is 9.36. The van der Waals surface area contributed by atoms with Crippen molar-refractivity contribution in [3.8, 4) is 22.9 Å². The van der Waals surface area contributed by atoms with Crippen molar-refractivity contribution >= 4 is 33.8 Å². The minimum absolute atomic E-state index is 0.0293. The molecule has 1 amide bonds. The number of hydrogen-bond donors (Lipinski definition) is 1. The molecule has 7 nitrogen and oxygen atoms in total. The van der Waals surface area contributed by atoms with Gasteiger partial charge >= 0.3 is 0 Å². The van der Waals surface area contributed by atoms with E-state index < -0.39 is 0 Å². The first-order valence-electron chi connectivity index (χ1n) is 9.64. The molecule has 2 aromatic heterocycles. The SMILES string of the molecule is COc1ccc(-c2nc3scc(CCNC(=O)Cc4ccc(Cl)cc4)n3n2)cc1OC. The van der Waals surface area contributed by atoms with Gasteiger partial charge in [-0.05, 0) is 35.9 Å². The predicted molar refractivity (Wildman–Crippen MR) is 121 cm³/mol. The van der Waals surface area contributed by atoms with Crippen LogP contribution in [0.25, 0.3) is 16.3 Å². The van der Waals surface area contributed by atoms with Crippen LogP contribution in [0.3, 0.4) is 0 Å². The molecule has 4 aromatic rings. The van der Waals surface area contributed by atoms with Crippen LogP contribution in [0.1, 0.15) is 11.3 Å². The smallest absolute Gasteiger partial charge is 0.224 e. The molecule has 4 rings (SSSR count). The van der Waals surface area contributed by atoms with Crippen LogP contribution in [-0.2, 0) is 17.6 Å². The fourth-order valence-corrected chi connectivity index (χ4v) is 4.16. The average Bonchev–Trinajstić information content (AvgIpc) is 3.36. The highest BCUT2D eigenvalue weighted by molar-refractivity contribution is 7.15. The zero-order valence-electron chi connectivity index (χ0n) is 17.1. The maximum Gasteiger partial charge on any atom is 0.224 e. The number of nitrogens with zero attached hydrogens (tertiary/aromatic N) is 3. The third-order valence-electron chi connectivity index (χ3n) is 4.77. The van der Waals surface area contributed by atoms with E-state index >= 15 is 0 Å². The standard InChI is InChI=1S/C22H21ClN4O3S/c1-29-18-8-5-15(12-19(18)30-2)21-25-22-27(26-21)17(13-31-22)9-10-24-20(28)11-14-3-6-16(23)7-4-14/h3-8,12-13H,9-11H2,1-2H3,(H,24,28). The molecule has 0 aliphatic heterocycles. The van der Waals surface area contributed by atoms with Crippen LogP contribution in [0.5, 0.6) is 11.5 Å². The van der Waals surface area contributed by atoms with Gasteiger partial charge in [0.1, 0.15) is 0 Å². The van der Waals surface area contributed by atoms with E-state index in [2.05, 4.69) is 15.4 Å². The Morgan fingerprint density at radius 3 is 2.65 bits per heavy atom. The second-order valence-electron chi connectivity index (χ2n) is 6.83. The number of halogens is 1. The molecule has 2 aromatic carbocycles. The van der Waals surface area contributed by atoms with Crippen LogP contribution in [0.15, 0.2) is 47.8 Å². The normalized spacial score (nSPS) is 10.9. The van der Waals surface area contributed by atoms with E-state index in [1.807, 2.05) is 40.2 Å². The van der Waals surface area contributed by atoms with Gasteiger partial charge < -0.3 is 14.8 Å². The van der Waals surface area contributed by atoms with Crippen molar-refractivity contribution in [2.45, 2.75) is 12.8 Å². The Kier molecular flexibility index (Phi) is 6.39. The molecule has 0 unspecified atom stereocenters. The van der Waals surface area contributed by atoms with Crippen molar-refractivity contribution in [1.82, 2.24) is 19.9 Å². The number of carbonyl (C=O) groups is 1. The van der Waals surface area contributed by atoms with Crippen LogP contribution in [0.4, 0.5) is 0 Å². The van der Waals surface area contributed by atoms with Crippen molar-refractivity contribution < 1.29 is 14.3 Å². The molecule has 160 valence electrons. The van der Waals surface area contributed by atoms with Crippen molar-refractivity contribution in [2.24, 2.45) is 0 Å². The van der Waals surface area contributed by atoms with Gasteiger partial charge in [0.15, 0.2) is 17.3 Å². The summed E-state index contributed by atoms with van der Waals surface area (Å²) in [5, 5.41) is 10.3. The molecular formula is C22H21ClN4O3S. The maximum atomic E-state index is 12.2. The van der Waals surface area contributed by atoms with E-state index in [9.17, 15) is 4.79 Å². The first kappa shape index (κ1) is 21.1. The van der Waals surface area contributed by atoms with Gasteiger partial charge in [-0.25, -0.2) is 4.52 Å². The topological polar surface area (TPSA) is 77.8 Å². The second-order valence-corrected chi connectivity index (χ2v) is 8.10. The van der Waals surface area contributed by atoms with Crippen LogP contribution < -0.4 is 14.8 Å². The largest absolute Gasteiger partial charge is 0.493 e. The Hall–Kier alpha value is -3.10. The predicted octanol–water partition coefficient (Wildman–Crippen LogP) is 4.03. The quantitative estimate of drug-likeness (QED) is 0.433. The molecule has 0 atom stereocenters. The number of hydrogen-bond acceptors (Lipinski definition) is 6. The number of nitrogens with one attached hydrogen (secondary N) is 1. The van der Waals surface area contributed by atoms with E-state index in [4.69, 9.17) is 21.1 Å². The molecule has 1 N–H and O–H groups in total. The highest BCUT2D eigenvalue weighted by Crippen LogP contribution is 2.31. The van der Waals surface area contributed by atoms with Crippen molar-refractivity contribution in [1.29, 1.82) is 0 Å². The molecule has 0 saturated heterocycles. The monoisotopic (exact) mass is 456 g/mol. The lowest BCUT2D eigenvalue weighted by Gasteiger charge is -2.07. The van der Waals surface area contributed by atoms with E-state index in [-0.39, 0.29) is 5.91 Å². The zero-order valence-corrected chi connectivity index (χ0v) is 18.7. The molecule has 31 heavy (non-hydrogen) atoms. The summed E-state index contributed by atoms with van der Waals surface area (Å²) in [4.78, 5) is 17.6. The highest BCUT2D eigenvalue weighted by atomic mass is 35.5. The number of rotatable bonds is 8. The minimum Gasteiger partial charge on any atom is -0.493 e. The first-order valence-corrected chi connectivity index (χ1v) is 10.9. The lowest BCUT2D eigenvalue weighted by molar-refractivity contribution is -0.120. The Labute approximate surface area is 188 Å². The number of aromatic nitrogens is 3. The van der Waals surface area contributed by atoms with Crippen molar-refractivity contribution in [3.05, 3.63) is 64.1 Å². The Morgan fingerprint density at radius 2 is 1.90 bits per heavy atom. The summed E-state index contributed by atoms with van der Waals surface area (Å²) in [5.41, 5.74) is 2.76. The van der Waals surface area contributed by atoms with E-state index in [0.717, 1.165) is 21.8 Å². The summed E-state index contributed by atoms with van der Waals surface area (Å²) >= 11 is 7.40. The van der Waals surface area contributed by atoms with Crippen molar-refractivity contribution in [2.75, 3.05) is 20.8 Å². The van der Waals surface area contributed by atoms with Crippen molar-refractivity contribution in [3.63, 3.8) is 0 Å². The number of ether oxygens (including phenoxy) is 2. The van der Waals surface area contributed by atoms with Gasteiger partial charge in [-0.1, -0.05) is 23.7 Å². The molecule has 0 radical (unpaired) electrons. The average molecular weight is 457 g/mol. The summed E-state index contributed by atoms with van der Waals surface area (Å²) in [5.74, 6) is 1.86. The molecule has 0 spiro atoms. The van der Waals surface area contributed by atoms with E-state index in [0.29, 0.717) is 41.7 Å². The highest BCUT2D eigenvalue weighted by Gasteiger charge is 2.14. The summed E-state index contributed by atoms with van der Waals surface area (Å²) in [7, 11) is 3.20. The fourth-order valence-electron chi connectivity index (χ4n) is 3.17. The summed E-state index contributed by atoms with van der Waals surface area (Å²) < 4.78 is 12.5. The van der Waals surface area contributed by atoms with Crippen LogP contribution in [0.2, 0.25) is 5.02 Å². The van der Waals surface area contributed by atoms with Gasteiger partial charge in [0, 0.05) is 28.9 Å². The lowest BCUT2D eigenvalue weighted by Crippen LogP contribution is -2.27. The molecule has 0 saturated carbocycles. The Balaban J connectivity index is 1.41. The molecular weight excluding hydrogens is 436 g/mol. The maximum absolute atomic E-state index is 12.2. The Morgan fingerprint density at radius 1 is 1.13 bits per heavy atom. The number of amides is 1. The van der Waals surface area contributed by atoms with Gasteiger partial charge in [-0.15, -0.1) is 16.4 Å². The molecule has 9 heteroatoms. The molecule has 0 aliphatic rings. The molecule has 0 bridgehead atoms. The zero-order chi connectivity index (χ0) is 21.8. The summed E-state index contributed by atoms with van der Waals surface area (Å²) in [6.45, 7) is 0.518. The number of thiazole rings is 1.